The summed E-state index contributed by atoms with van der Waals surface area (Å²) in [6, 6.07) is 9.06. The van der Waals surface area contributed by atoms with E-state index in [1.165, 1.54) is 88.8 Å². The van der Waals surface area contributed by atoms with Gasteiger partial charge >= 0.3 is 40.9 Å². The van der Waals surface area contributed by atoms with Crippen molar-refractivity contribution in [1.82, 2.24) is 72.2 Å². The molecule has 0 aromatic carbocycles. The van der Waals surface area contributed by atoms with Crippen LogP contribution in [0.15, 0.2) is 93.0 Å². The van der Waals surface area contributed by atoms with Crippen LogP contribution in [0.3, 0.4) is 0 Å². The minimum atomic E-state index is -5.23. The third-order valence-electron chi connectivity index (χ3n) is 15.8. The smallest absolute Gasteiger partial charge is 0.756 e. The van der Waals surface area contributed by atoms with Gasteiger partial charge in [0, 0.05) is 109 Å². The first kappa shape index (κ1) is 70.4. The summed E-state index contributed by atoms with van der Waals surface area (Å²) < 4.78 is 23.2. The summed E-state index contributed by atoms with van der Waals surface area (Å²) in [5, 5.41) is 0. The zero-order valence-corrected chi connectivity index (χ0v) is 55.3. The number of amides is 4. The molecule has 31 nitrogen and oxygen atoms in total. The number of aryl methyl sites for hydroxylation is 2. The van der Waals surface area contributed by atoms with Crippen molar-refractivity contribution in [3.05, 3.63) is 116 Å². The molecule has 3 aliphatic rings. The molecule has 4 amide bonds. The zero-order chi connectivity index (χ0) is 64.3. The maximum atomic E-state index is 13.8. The number of phosphoric ester groups is 1. The minimum absolute atomic E-state index is 0. The number of fused-ring (bicyclic) bond motifs is 2. The van der Waals surface area contributed by atoms with E-state index in [9.17, 15) is 52.7 Å². The summed E-state index contributed by atoms with van der Waals surface area (Å²) in [6.07, 6.45) is 16.5. The van der Waals surface area contributed by atoms with Crippen LogP contribution in [0.2, 0.25) is 0 Å². The number of hydrogen-bond donors (Lipinski definition) is 1. The molecular formula is C57H71N19NaO12PS. The molecule has 0 spiro atoms. The fourth-order valence-corrected chi connectivity index (χ4v) is 11.4. The van der Waals surface area contributed by atoms with Crippen molar-refractivity contribution in [1.29, 1.82) is 0 Å². The van der Waals surface area contributed by atoms with Crippen LogP contribution in [0.5, 0.6) is 0 Å². The number of likely N-dealkylation sites (tertiary alicyclic amines) is 1. The van der Waals surface area contributed by atoms with Gasteiger partial charge < -0.3 is 28.7 Å². The number of pyridine rings is 2. The number of anilines is 4. The summed E-state index contributed by atoms with van der Waals surface area (Å²) in [6.45, 7) is 8.38. The van der Waals surface area contributed by atoms with E-state index in [1.807, 2.05) is 18.4 Å². The molecule has 5 atom stereocenters. The number of carbonyl (C=O) groups excluding carboxylic acids is 4. The quantitative estimate of drug-likeness (QED) is 0.0606. The fraction of sp³-hybridized carbons (Fsp3) is 0.439. The monoisotopic (exact) mass is 1300 g/mol. The number of hydrogen-bond acceptors (Lipinski definition) is 22. The first-order chi connectivity index (χ1) is 42.3. The Bertz CT molecular complexity index is 4290. The molecule has 91 heavy (non-hydrogen) atoms. The van der Waals surface area contributed by atoms with E-state index in [4.69, 9.17) is 4.98 Å². The molecule has 3 aliphatic heterocycles. The van der Waals surface area contributed by atoms with Gasteiger partial charge in [-0.25, -0.2) is 49.5 Å². The van der Waals surface area contributed by atoms with Crippen LogP contribution in [-0.2, 0) is 56.5 Å². The summed E-state index contributed by atoms with van der Waals surface area (Å²) in [5.41, 5.74) is 0.582. The van der Waals surface area contributed by atoms with Gasteiger partial charge in [-0.15, -0.1) is 11.8 Å². The maximum Gasteiger partial charge on any atom is 1.00 e. The van der Waals surface area contributed by atoms with Crippen molar-refractivity contribution in [2.45, 2.75) is 97.8 Å². The second-order valence-corrected chi connectivity index (χ2v) is 23.6. The van der Waals surface area contributed by atoms with Gasteiger partial charge in [-0.05, 0) is 83.9 Å². The van der Waals surface area contributed by atoms with E-state index in [-0.39, 0.29) is 82.9 Å². The predicted molar refractivity (Wildman–Crippen MR) is 335 cm³/mol. The molecule has 0 radical (unpaired) electrons. The Labute approximate surface area is 548 Å². The van der Waals surface area contributed by atoms with Gasteiger partial charge in [0.2, 0.25) is 23.7 Å². The standard InChI is InChI=1S/C26H31N9O3S.C25H30N9O7P.C5H7NO2.CH4.Na/c1-16-8-7-11-33(16)25-27-12-18(13-28-25)19-9-6-10-20(30-19)35(15-39-5)23(36)17(2)34-14-29-22-21(34)24(37)32(4)26(38)31(22)3;1-15-7-6-10-32(15)24-26-11-17(12-27-24)18-8-5-9-19(29-18)34(14-41-42(38,39)40)22(35)16(2)33-13-28-21-20(33)23(36)31(4)25(37)30(21)3;1-6-4(7)2-3-5(6)8;;/h6,9-10,12-14,16-17H,7-8,11,15H2,1-5H3;5,8-9,11-13,15-16H,6-7,10,14H2,1-4H3,(H2,38,39,40);2-3H2,1H3;1H4;/q;;;;+1/p-1/t16-,17+;15-,16+;;;/m11.../s1. The summed E-state index contributed by atoms with van der Waals surface area (Å²) >= 11 is 1.48. The number of phosphoric acid groups is 1. The van der Waals surface area contributed by atoms with E-state index in [2.05, 4.69) is 63.1 Å². The van der Waals surface area contributed by atoms with Gasteiger partial charge in [0.05, 0.1) is 29.9 Å². The van der Waals surface area contributed by atoms with Gasteiger partial charge in [-0.1, -0.05) is 19.6 Å². The van der Waals surface area contributed by atoms with Crippen molar-refractivity contribution >= 4 is 89.1 Å². The van der Waals surface area contributed by atoms with Crippen LogP contribution >= 0.6 is 19.6 Å². The normalized spacial score (nSPS) is 16.7. The molecule has 0 aliphatic carbocycles. The Morgan fingerprint density at radius 1 is 0.659 bits per heavy atom. The van der Waals surface area contributed by atoms with Gasteiger partial charge in [-0.3, -0.25) is 70.8 Å². The van der Waals surface area contributed by atoms with Crippen LogP contribution in [0.4, 0.5) is 23.5 Å². The third kappa shape index (κ3) is 14.8. The Morgan fingerprint density at radius 2 is 1.05 bits per heavy atom. The molecule has 0 bridgehead atoms. The molecule has 0 saturated carbocycles. The van der Waals surface area contributed by atoms with Gasteiger partial charge in [0.1, 0.15) is 30.5 Å². The average Bonchev–Trinajstić information content (AvgIpc) is 1.78. The van der Waals surface area contributed by atoms with Crippen molar-refractivity contribution in [3.63, 3.8) is 0 Å². The molecular weight excluding hydrogens is 1230 g/mol. The molecule has 1 N–H and O–H groups in total. The number of thioether (sulfide) groups is 1. The van der Waals surface area contributed by atoms with Gasteiger partial charge in [-0.2, -0.15) is 0 Å². The molecule has 11 heterocycles. The first-order valence-corrected chi connectivity index (χ1v) is 31.2. The summed E-state index contributed by atoms with van der Waals surface area (Å²) in [4.78, 5) is 164. The van der Waals surface area contributed by atoms with Gasteiger partial charge in [0.15, 0.2) is 22.3 Å². The van der Waals surface area contributed by atoms with Gasteiger partial charge in [0.25, 0.3) is 30.8 Å². The predicted octanol–water partition coefficient (Wildman–Crippen LogP) is -0.102. The molecule has 8 aromatic rings. The number of imide groups is 1. The van der Waals surface area contributed by atoms with Crippen LogP contribution < -0.4 is 76.5 Å². The largest absolute Gasteiger partial charge is 1.00 e. The SMILES string of the molecule is C.CN1C(=O)CCC1=O.CSCN(C(=O)[C@H](C)n1cnc2c1c(=O)n(C)c(=O)n2C)c1cccc(-c2cnc(N3CCC[C@H]3C)nc2)n1.C[C@@H]1CCCN1c1ncc(-c2cccc(N(COP(=O)([O-])O)C(=O)[C@H](C)n3cnc4c3c(=O)n(C)c(=O)n4C)n2)cn1.[Na+]. The van der Waals surface area contributed by atoms with Crippen LogP contribution in [0, 0.1) is 0 Å². The Kier molecular flexibility index (Phi) is 22.8. The number of imidazole rings is 2. The second kappa shape index (κ2) is 29.5. The van der Waals surface area contributed by atoms with E-state index < -0.39 is 55.0 Å². The number of aromatic nitrogens is 14. The molecule has 8 aromatic heterocycles. The van der Waals surface area contributed by atoms with Crippen LogP contribution in [0.1, 0.15) is 85.7 Å². The zero-order valence-electron chi connectivity index (χ0n) is 51.6. The molecule has 34 heteroatoms. The molecule has 11 rings (SSSR count). The Morgan fingerprint density at radius 3 is 1.41 bits per heavy atom. The molecule has 3 fully saturated rings. The molecule has 478 valence electrons. The van der Waals surface area contributed by atoms with E-state index in [0.717, 1.165) is 58.4 Å². The maximum absolute atomic E-state index is 13.8. The van der Waals surface area contributed by atoms with Crippen molar-refractivity contribution < 1.29 is 67.6 Å². The van der Waals surface area contributed by atoms with Crippen molar-refractivity contribution in [2.75, 3.05) is 58.6 Å². The number of nitrogens with zero attached hydrogens (tertiary/aromatic N) is 19. The topological polar surface area (TPSA) is 355 Å². The summed E-state index contributed by atoms with van der Waals surface area (Å²) in [7, 11) is 1.98. The Hall–Kier alpha value is -8.10. The molecule has 3 saturated heterocycles. The average molecular weight is 1300 g/mol. The second-order valence-electron chi connectivity index (χ2n) is 21.6. The van der Waals surface area contributed by atoms with E-state index in [0.29, 0.717) is 65.5 Å². The van der Waals surface area contributed by atoms with Crippen molar-refractivity contribution in [3.8, 4) is 22.5 Å². The fourth-order valence-electron chi connectivity index (χ4n) is 10.6. The number of rotatable bonds is 15. The van der Waals surface area contributed by atoms with E-state index >= 15 is 0 Å². The third-order valence-corrected chi connectivity index (χ3v) is 16.8. The van der Waals surface area contributed by atoms with Crippen LogP contribution in [-0.4, -0.2) is 152 Å². The molecule has 1 unspecified atom stereocenters. The minimum Gasteiger partial charge on any atom is -0.756 e. The van der Waals surface area contributed by atoms with E-state index in [1.54, 1.807) is 61.9 Å². The summed E-state index contributed by atoms with van der Waals surface area (Å²) in [5.74, 6) is 1.01. The first-order valence-electron chi connectivity index (χ1n) is 28.3. The van der Waals surface area contributed by atoms with Crippen molar-refractivity contribution in [2.24, 2.45) is 28.2 Å². The number of carbonyl (C=O) groups is 4. The Balaban J connectivity index is 0.000000226. The van der Waals surface area contributed by atoms with Crippen LogP contribution in [0.25, 0.3) is 44.8 Å².